The van der Waals surface area contributed by atoms with Gasteiger partial charge in [-0.15, -0.1) is 0 Å². The summed E-state index contributed by atoms with van der Waals surface area (Å²) in [4.78, 5) is 0. The van der Waals surface area contributed by atoms with Gasteiger partial charge in [0, 0.05) is 5.33 Å². The van der Waals surface area contributed by atoms with Crippen LogP contribution in [0.5, 0.6) is 0 Å². The number of rotatable bonds is 28. The predicted molar refractivity (Wildman–Crippen MR) is 178 cm³/mol. The van der Waals surface area contributed by atoms with Crippen LogP contribution in [0.15, 0.2) is 12.1 Å². The van der Waals surface area contributed by atoms with E-state index in [-0.39, 0.29) is 0 Å². The minimum Gasteiger partial charge on any atom is -0.0876 e. The quantitative estimate of drug-likeness (QED) is 0.0672. The minimum atomic E-state index is 1.02. The van der Waals surface area contributed by atoms with Crippen LogP contribution in [0.2, 0.25) is 0 Å². The van der Waals surface area contributed by atoms with Crippen LogP contribution in [-0.2, 0) is 24.6 Å². The third-order valence-corrected chi connectivity index (χ3v) is 9.23. The maximum Gasteiger partial charge on any atom is 0.0285 e. The Hall–Kier alpha value is -0.300. The Morgan fingerprint density at radius 1 is 0.368 bits per heavy atom. The first-order chi connectivity index (χ1) is 18.8. The molecule has 0 radical (unpaired) electrons. The van der Waals surface area contributed by atoms with Crippen molar-refractivity contribution in [3.05, 3.63) is 34.4 Å². The van der Waals surface area contributed by atoms with Gasteiger partial charge in [0.15, 0.2) is 0 Å². The van der Waals surface area contributed by atoms with Gasteiger partial charge in [0.1, 0.15) is 0 Å². The summed E-state index contributed by atoms with van der Waals surface area (Å²) in [7, 11) is 0. The molecule has 0 fully saturated rings. The summed E-state index contributed by atoms with van der Waals surface area (Å²) in [5.74, 6) is 0. The molecule has 38 heavy (non-hydrogen) atoms. The van der Waals surface area contributed by atoms with Crippen LogP contribution in [0.1, 0.15) is 197 Å². The van der Waals surface area contributed by atoms with Gasteiger partial charge in [0.05, 0.1) is 0 Å². The average molecular weight is 592 g/mol. The van der Waals surface area contributed by atoms with Gasteiger partial charge in [-0.2, -0.15) is 0 Å². The van der Waals surface area contributed by atoms with Gasteiger partial charge in [0.25, 0.3) is 0 Å². The molecule has 1 aromatic rings. The van der Waals surface area contributed by atoms with Crippen LogP contribution >= 0.6 is 15.9 Å². The molecule has 0 N–H and O–H groups in total. The maximum absolute atomic E-state index is 3.85. The van der Waals surface area contributed by atoms with Gasteiger partial charge in [-0.1, -0.05) is 184 Å². The molecule has 0 aromatic heterocycles. The van der Waals surface area contributed by atoms with E-state index in [1.165, 1.54) is 173 Å². The number of benzene rings is 1. The lowest BCUT2D eigenvalue weighted by Crippen LogP contribution is -2.05. The zero-order valence-electron chi connectivity index (χ0n) is 26.3. The molecule has 0 aliphatic rings. The molecule has 0 aliphatic carbocycles. The summed E-state index contributed by atoms with van der Waals surface area (Å²) in [6.45, 7) is 6.95. The van der Waals surface area contributed by atoms with Crippen molar-refractivity contribution in [1.82, 2.24) is 0 Å². The van der Waals surface area contributed by atoms with E-state index in [0.29, 0.717) is 0 Å². The lowest BCUT2D eigenvalue weighted by atomic mass is 9.87. The number of hydrogen-bond acceptors (Lipinski definition) is 0. The van der Waals surface area contributed by atoms with Crippen molar-refractivity contribution in [2.75, 3.05) is 0 Å². The fourth-order valence-corrected chi connectivity index (χ4v) is 6.62. The lowest BCUT2D eigenvalue weighted by molar-refractivity contribution is 0.566. The highest BCUT2D eigenvalue weighted by Crippen LogP contribution is 2.28. The second-order valence-corrected chi connectivity index (χ2v) is 12.7. The molecular weight excluding hydrogens is 524 g/mol. The molecule has 0 aliphatic heterocycles. The van der Waals surface area contributed by atoms with Crippen LogP contribution in [0.25, 0.3) is 0 Å². The van der Waals surface area contributed by atoms with Crippen molar-refractivity contribution in [3.8, 4) is 0 Å². The van der Waals surface area contributed by atoms with Crippen molar-refractivity contribution in [3.63, 3.8) is 0 Å². The van der Waals surface area contributed by atoms with Crippen LogP contribution in [0.4, 0.5) is 0 Å². The van der Waals surface area contributed by atoms with E-state index in [1.807, 2.05) is 0 Å². The first-order valence-electron chi connectivity index (χ1n) is 17.5. The maximum atomic E-state index is 3.85. The minimum absolute atomic E-state index is 1.02. The molecule has 0 saturated heterocycles. The normalized spacial score (nSPS) is 11.5. The molecule has 0 saturated carbocycles. The van der Waals surface area contributed by atoms with Crippen molar-refractivity contribution in [2.24, 2.45) is 0 Å². The van der Waals surface area contributed by atoms with Gasteiger partial charge in [-0.3, -0.25) is 0 Å². The molecule has 1 heteroatoms. The van der Waals surface area contributed by atoms with Gasteiger partial charge < -0.3 is 0 Å². The second-order valence-electron chi connectivity index (χ2n) is 12.1. The third-order valence-electron chi connectivity index (χ3n) is 8.63. The van der Waals surface area contributed by atoms with Crippen LogP contribution in [-0.4, -0.2) is 0 Å². The fraction of sp³-hybridized carbons (Fsp3) is 0.838. The first kappa shape index (κ1) is 35.7. The van der Waals surface area contributed by atoms with Crippen molar-refractivity contribution >= 4 is 15.9 Å². The van der Waals surface area contributed by atoms with Gasteiger partial charge in [-0.05, 0) is 60.8 Å². The van der Waals surface area contributed by atoms with Crippen LogP contribution < -0.4 is 0 Å². The zero-order valence-corrected chi connectivity index (χ0v) is 27.9. The third kappa shape index (κ3) is 18.1. The van der Waals surface area contributed by atoms with Gasteiger partial charge >= 0.3 is 0 Å². The van der Waals surface area contributed by atoms with E-state index in [1.54, 1.807) is 22.3 Å². The smallest absolute Gasteiger partial charge is 0.0285 e. The van der Waals surface area contributed by atoms with Crippen LogP contribution in [0, 0.1) is 0 Å². The largest absolute Gasteiger partial charge is 0.0876 e. The Morgan fingerprint density at radius 3 is 1.03 bits per heavy atom. The van der Waals surface area contributed by atoms with Crippen molar-refractivity contribution in [1.29, 1.82) is 0 Å². The molecular formula is C37H67Br. The van der Waals surface area contributed by atoms with E-state index in [9.17, 15) is 0 Å². The molecule has 222 valence electrons. The molecule has 0 atom stereocenters. The number of halogens is 1. The SMILES string of the molecule is CCCCCCCCCCc1ccc(CBr)c(CCCCCCCCCC)c1CCCCCCCCCC. The Kier molecular flexibility index (Phi) is 25.3. The van der Waals surface area contributed by atoms with Gasteiger partial charge in [-0.25, -0.2) is 0 Å². The van der Waals surface area contributed by atoms with E-state index in [4.69, 9.17) is 0 Å². The summed E-state index contributed by atoms with van der Waals surface area (Å²) in [5.41, 5.74) is 6.76. The van der Waals surface area contributed by atoms with Crippen molar-refractivity contribution in [2.45, 2.75) is 199 Å². The predicted octanol–water partition coefficient (Wildman–Crippen LogP) is 13.6. The standard InChI is InChI=1S/C37H67Br/c1-4-7-10-13-16-19-22-25-28-34-31-32-35(33-38)37(30-27-24-21-18-15-12-9-6-3)36(34)29-26-23-20-17-14-11-8-5-2/h31-32H,4-30,33H2,1-3H3. The van der Waals surface area contributed by atoms with E-state index < -0.39 is 0 Å². The van der Waals surface area contributed by atoms with Crippen molar-refractivity contribution < 1.29 is 0 Å². The van der Waals surface area contributed by atoms with E-state index in [2.05, 4.69) is 48.8 Å². The molecule has 0 nitrogen and oxygen atoms in total. The molecule has 0 bridgehead atoms. The average Bonchev–Trinajstić information content (AvgIpc) is 2.93. The highest BCUT2D eigenvalue weighted by molar-refractivity contribution is 9.08. The van der Waals surface area contributed by atoms with E-state index >= 15 is 0 Å². The zero-order chi connectivity index (χ0) is 27.5. The Labute approximate surface area is 249 Å². The molecule has 1 aromatic carbocycles. The highest BCUT2D eigenvalue weighted by atomic mass is 79.9. The first-order valence-corrected chi connectivity index (χ1v) is 18.6. The molecule has 0 heterocycles. The highest BCUT2D eigenvalue weighted by Gasteiger charge is 2.13. The monoisotopic (exact) mass is 590 g/mol. The summed E-state index contributed by atoms with van der Waals surface area (Å²) in [5, 5.41) is 1.02. The number of unbranched alkanes of at least 4 members (excludes halogenated alkanes) is 21. The lowest BCUT2D eigenvalue weighted by Gasteiger charge is -2.19. The molecule has 0 amide bonds. The topological polar surface area (TPSA) is 0 Å². The Morgan fingerprint density at radius 2 is 0.658 bits per heavy atom. The molecule has 0 spiro atoms. The molecule has 1 rings (SSSR count). The summed E-state index contributed by atoms with van der Waals surface area (Å²) in [6.07, 6.45) is 37.9. The Bertz CT molecular complexity index is 634. The summed E-state index contributed by atoms with van der Waals surface area (Å²) in [6, 6.07) is 4.97. The molecule has 0 unspecified atom stereocenters. The summed E-state index contributed by atoms with van der Waals surface area (Å²) < 4.78 is 0. The Balaban J connectivity index is 2.65. The fourth-order valence-electron chi connectivity index (χ4n) is 6.09. The number of hydrogen-bond donors (Lipinski definition) is 0. The van der Waals surface area contributed by atoms with E-state index in [0.717, 1.165) is 5.33 Å². The van der Waals surface area contributed by atoms with Gasteiger partial charge in [0.2, 0.25) is 0 Å². The second kappa shape index (κ2) is 26.9. The number of aryl methyl sites for hydroxylation is 1. The van der Waals surface area contributed by atoms with Crippen LogP contribution in [0.3, 0.4) is 0 Å². The number of alkyl halides is 1. The summed E-state index contributed by atoms with van der Waals surface area (Å²) >= 11 is 3.85.